The van der Waals surface area contributed by atoms with E-state index in [1.54, 1.807) is 6.92 Å². The zero-order valence-electron chi connectivity index (χ0n) is 17.0. The lowest BCUT2D eigenvalue weighted by Crippen LogP contribution is -2.38. The van der Waals surface area contributed by atoms with Crippen molar-refractivity contribution >= 4 is 5.91 Å². The number of carbonyl (C=O) groups excluding carboxylic acids is 1. The summed E-state index contributed by atoms with van der Waals surface area (Å²) in [6.07, 6.45) is 6.24. The molecule has 0 saturated carbocycles. The normalized spacial score (nSPS) is 14.1. The first-order chi connectivity index (χ1) is 13.7. The summed E-state index contributed by atoms with van der Waals surface area (Å²) in [5, 5.41) is 2.90. The Morgan fingerprint density at radius 1 is 1.11 bits per heavy atom. The van der Waals surface area contributed by atoms with Gasteiger partial charge in [-0.2, -0.15) is 0 Å². The zero-order chi connectivity index (χ0) is 19.8. The Hall–Kier alpha value is -2.49. The molecule has 0 heterocycles. The van der Waals surface area contributed by atoms with Gasteiger partial charge in [0.1, 0.15) is 18.1 Å². The number of hydrogen-bond acceptors (Lipinski definition) is 3. The largest absolute Gasteiger partial charge is 0.492 e. The molecule has 0 radical (unpaired) electrons. The molecule has 1 aliphatic carbocycles. The maximum absolute atomic E-state index is 12.4. The standard InChI is InChI=1S/C24H31NO3/c1-3-7-19-12-14-21(15-13-19)27-17-16-25-24(26)18(2)28-23-11-6-9-20-8-4-5-10-22(20)23/h6,9,11-15,18H,3-5,7-8,10,16-17H2,1-2H3,(H,25,26)/t18-/m1/s1. The molecule has 1 atom stereocenters. The van der Waals surface area contributed by atoms with Crippen LogP contribution in [-0.4, -0.2) is 25.2 Å². The van der Waals surface area contributed by atoms with Crippen molar-refractivity contribution in [3.8, 4) is 11.5 Å². The number of aryl methyl sites for hydroxylation is 2. The van der Waals surface area contributed by atoms with Gasteiger partial charge in [-0.05, 0) is 73.9 Å². The van der Waals surface area contributed by atoms with E-state index in [1.165, 1.54) is 29.5 Å². The second-order valence-electron chi connectivity index (χ2n) is 7.39. The first-order valence-corrected chi connectivity index (χ1v) is 10.4. The number of amides is 1. The highest BCUT2D eigenvalue weighted by Gasteiger charge is 2.19. The van der Waals surface area contributed by atoms with Crippen LogP contribution in [0.1, 0.15) is 49.8 Å². The number of ether oxygens (including phenoxy) is 2. The van der Waals surface area contributed by atoms with E-state index in [2.05, 4.69) is 30.4 Å². The fourth-order valence-corrected chi connectivity index (χ4v) is 3.63. The Bertz CT molecular complexity index is 770. The molecule has 0 spiro atoms. The van der Waals surface area contributed by atoms with Crippen LogP contribution < -0.4 is 14.8 Å². The minimum atomic E-state index is -0.526. The van der Waals surface area contributed by atoms with Crippen LogP contribution in [0.2, 0.25) is 0 Å². The monoisotopic (exact) mass is 381 g/mol. The van der Waals surface area contributed by atoms with Crippen LogP contribution in [0.3, 0.4) is 0 Å². The summed E-state index contributed by atoms with van der Waals surface area (Å²) < 4.78 is 11.7. The van der Waals surface area contributed by atoms with Gasteiger partial charge >= 0.3 is 0 Å². The summed E-state index contributed by atoms with van der Waals surface area (Å²) in [4.78, 5) is 12.4. The van der Waals surface area contributed by atoms with Gasteiger partial charge in [0.2, 0.25) is 0 Å². The van der Waals surface area contributed by atoms with Gasteiger partial charge < -0.3 is 14.8 Å². The number of benzene rings is 2. The topological polar surface area (TPSA) is 47.6 Å². The molecule has 1 amide bonds. The quantitative estimate of drug-likeness (QED) is 0.652. The molecule has 0 bridgehead atoms. The van der Waals surface area contributed by atoms with Gasteiger partial charge in [0.25, 0.3) is 5.91 Å². The molecule has 0 aromatic heterocycles. The van der Waals surface area contributed by atoms with Crippen molar-refractivity contribution in [3.63, 3.8) is 0 Å². The molecule has 1 aliphatic rings. The molecule has 0 fully saturated rings. The van der Waals surface area contributed by atoms with Gasteiger partial charge in [0, 0.05) is 0 Å². The average molecular weight is 382 g/mol. The third-order valence-electron chi connectivity index (χ3n) is 5.16. The van der Waals surface area contributed by atoms with E-state index >= 15 is 0 Å². The van der Waals surface area contributed by atoms with Crippen molar-refractivity contribution in [2.24, 2.45) is 0 Å². The lowest BCUT2D eigenvalue weighted by atomic mass is 9.91. The van der Waals surface area contributed by atoms with Gasteiger partial charge in [-0.25, -0.2) is 0 Å². The highest BCUT2D eigenvalue weighted by atomic mass is 16.5. The molecular weight excluding hydrogens is 350 g/mol. The van der Waals surface area contributed by atoms with Crippen molar-refractivity contribution in [3.05, 3.63) is 59.2 Å². The smallest absolute Gasteiger partial charge is 0.260 e. The fourth-order valence-electron chi connectivity index (χ4n) is 3.63. The van der Waals surface area contributed by atoms with E-state index in [0.717, 1.165) is 37.2 Å². The maximum atomic E-state index is 12.4. The minimum absolute atomic E-state index is 0.115. The summed E-state index contributed by atoms with van der Waals surface area (Å²) in [7, 11) is 0. The predicted molar refractivity (Wildman–Crippen MR) is 112 cm³/mol. The Morgan fingerprint density at radius 2 is 1.89 bits per heavy atom. The zero-order valence-corrected chi connectivity index (χ0v) is 17.0. The summed E-state index contributed by atoms with van der Waals surface area (Å²) in [5.74, 6) is 1.56. The summed E-state index contributed by atoms with van der Waals surface area (Å²) in [6.45, 7) is 4.86. The number of nitrogens with one attached hydrogen (secondary N) is 1. The Morgan fingerprint density at radius 3 is 2.68 bits per heavy atom. The second kappa shape index (κ2) is 10.2. The molecule has 4 heteroatoms. The van der Waals surface area contributed by atoms with E-state index in [9.17, 15) is 4.79 Å². The molecule has 0 unspecified atom stereocenters. The summed E-state index contributed by atoms with van der Waals surface area (Å²) in [6, 6.07) is 14.3. The van der Waals surface area contributed by atoms with E-state index in [0.29, 0.717) is 13.2 Å². The second-order valence-corrected chi connectivity index (χ2v) is 7.39. The third kappa shape index (κ3) is 5.51. The lowest BCUT2D eigenvalue weighted by Gasteiger charge is -2.22. The predicted octanol–water partition coefficient (Wildman–Crippen LogP) is 4.48. The molecule has 2 aromatic rings. The van der Waals surface area contributed by atoms with E-state index in [1.807, 2.05) is 24.3 Å². The average Bonchev–Trinajstić information content (AvgIpc) is 2.72. The van der Waals surface area contributed by atoms with Crippen LogP contribution in [-0.2, 0) is 24.1 Å². The molecule has 0 saturated heterocycles. The first kappa shape index (κ1) is 20.2. The fraction of sp³-hybridized carbons (Fsp3) is 0.458. The van der Waals surface area contributed by atoms with Crippen LogP contribution in [0.4, 0.5) is 0 Å². The molecule has 1 N–H and O–H groups in total. The number of hydrogen-bond donors (Lipinski definition) is 1. The van der Waals surface area contributed by atoms with Crippen molar-refractivity contribution in [2.45, 2.75) is 58.5 Å². The van der Waals surface area contributed by atoms with Crippen molar-refractivity contribution in [1.29, 1.82) is 0 Å². The summed E-state index contributed by atoms with van der Waals surface area (Å²) in [5.41, 5.74) is 3.94. The number of rotatable bonds is 9. The molecule has 3 rings (SSSR count). The molecular formula is C24H31NO3. The minimum Gasteiger partial charge on any atom is -0.492 e. The van der Waals surface area contributed by atoms with Gasteiger partial charge in [-0.3, -0.25) is 4.79 Å². The van der Waals surface area contributed by atoms with E-state index in [-0.39, 0.29) is 5.91 Å². The molecule has 0 aliphatic heterocycles. The van der Waals surface area contributed by atoms with Crippen LogP contribution in [0.5, 0.6) is 11.5 Å². The van der Waals surface area contributed by atoms with Gasteiger partial charge in [-0.15, -0.1) is 0 Å². The first-order valence-electron chi connectivity index (χ1n) is 10.4. The van der Waals surface area contributed by atoms with Crippen molar-refractivity contribution in [1.82, 2.24) is 5.32 Å². The molecule has 4 nitrogen and oxygen atoms in total. The van der Waals surface area contributed by atoms with Gasteiger partial charge in [-0.1, -0.05) is 37.6 Å². The highest BCUT2D eigenvalue weighted by molar-refractivity contribution is 5.80. The third-order valence-corrected chi connectivity index (χ3v) is 5.16. The number of fused-ring (bicyclic) bond motifs is 1. The Labute approximate surface area is 168 Å². The maximum Gasteiger partial charge on any atom is 0.260 e. The molecule has 150 valence electrons. The van der Waals surface area contributed by atoms with Crippen LogP contribution in [0.15, 0.2) is 42.5 Å². The lowest BCUT2D eigenvalue weighted by molar-refractivity contribution is -0.127. The highest BCUT2D eigenvalue weighted by Crippen LogP contribution is 2.30. The van der Waals surface area contributed by atoms with E-state index < -0.39 is 6.10 Å². The van der Waals surface area contributed by atoms with Crippen molar-refractivity contribution in [2.75, 3.05) is 13.2 Å². The molecule has 2 aromatic carbocycles. The Kier molecular flexibility index (Phi) is 7.35. The summed E-state index contributed by atoms with van der Waals surface area (Å²) >= 11 is 0. The molecule has 28 heavy (non-hydrogen) atoms. The SMILES string of the molecule is CCCc1ccc(OCCNC(=O)[C@@H](C)Oc2cccc3c2CCCC3)cc1. The van der Waals surface area contributed by atoms with Gasteiger partial charge in [0.15, 0.2) is 6.10 Å². The van der Waals surface area contributed by atoms with Crippen molar-refractivity contribution < 1.29 is 14.3 Å². The van der Waals surface area contributed by atoms with Crippen LogP contribution in [0.25, 0.3) is 0 Å². The van der Waals surface area contributed by atoms with Crippen LogP contribution in [0, 0.1) is 0 Å². The Balaban J connectivity index is 1.42. The van der Waals surface area contributed by atoms with Gasteiger partial charge in [0.05, 0.1) is 6.54 Å². The number of carbonyl (C=O) groups is 1. The van der Waals surface area contributed by atoms with E-state index in [4.69, 9.17) is 9.47 Å². The van der Waals surface area contributed by atoms with Crippen LogP contribution >= 0.6 is 0 Å².